The van der Waals surface area contributed by atoms with Crippen LogP contribution in [0, 0.1) is 0 Å². The van der Waals surface area contributed by atoms with Gasteiger partial charge in [0, 0.05) is 12.4 Å². The normalized spacial score (nSPS) is 11.5. The second-order valence-electron chi connectivity index (χ2n) is 4.57. The Bertz CT molecular complexity index is 927. The molecule has 0 saturated heterocycles. The van der Waals surface area contributed by atoms with Crippen LogP contribution in [-0.2, 0) is 6.54 Å². The summed E-state index contributed by atoms with van der Waals surface area (Å²) < 4.78 is 4.20. The molecule has 0 unspecified atom stereocenters. The van der Waals surface area contributed by atoms with E-state index in [9.17, 15) is 0 Å². The van der Waals surface area contributed by atoms with Crippen molar-refractivity contribution in [3.8, 4) is 0 Å². The molecule has 0 spiro atoms. The fourth-order valence-electron chi connectivity index (χ4n) is 2.22. The summed E-state index contributed by atoms with van der Waals surface area (Å²) in [4.78, 5) is 17.6. The van der Waals surface area contributed by atoms with Crippen molar-refractivity contribution in [1.82, 2.24) is 24.5 Å². The average molecular weight is 313 g/mol. The SMILES string of the molecule is CSc1nc2ncc(Cn3cnc4cccnc43)cc2s1. The molecule has 5 nitrogen and oxygen atoms in total. The first-order valence-electron chi connectivity index (χ1n) is 6.39. The molecule has 0 aliphatic heterocycles. The molecule has 0 aliphatic rings. The monoisotopic (exact) mass is 313 g/mol. The molecule has 4 rings (SSSR count). The second kappa shape index (κ2) is 5.09. The Hall–Kier alpha value is -1.99. The van der Waals surface area contributed by atoms with E-state index >= 15 is 0 Å². The van der Waals surface area contributed by atoms with Crippen LogP contribution in [-0.4, -0.2) is 30.8 Å². The van der Waals surface area contributed by atoms with Gasteiger partial charge in [-0.1, -0.05) is 11.8 Å². The Balaban J connectivity index is 1.73. The predicted molar refractivity (Wildman–Crippen MR) is 85.8 cm³/mol. The molecule has 0 aromatic carbocycles. The first-order chi connectivity index (χ1) is 10.3. The van der Waals surface area contributed by atoms with E-state index in [1.54, 1.807) is 29.3 Å². The molecule has 0 aliphatic carbocycles. The average Bonchev–Trinajstić information content (AvgIpc) is 3.11. The topological polar surface area (TPSA) is 56.5 Å². The van der Waals surface area contributed by atoms with Crippen LogP contribution in [0.1, 0.15) is 5.56 Å². The third kappa shape index (κ3) is 2.28. The summed E-state index contributed by atoms with van der Waals surface area (Å²) >= 11 is 3.33. The number of hydrogen-bond donors (Lipinski definition) is 0. The van der Waals surface area contributed by atoms with Crippen LogP contribution < -0.4 is 0 Å². The number of hydrogen-bond acceptors (Lipinski definition) is 6. The minimum absolute atomic E-state index is 0.711. The first kappa shape index (κ1) is 12.7. The second-order valence-corrected chi connectivity index (χ2v) is 6.65. The van der Waals surface area contributed by atoms with Crippen LogP contribution >= 0.6 is 23.1 Å². The fourth-order valence-corrected chi connectivity index (χ4v) is 3.72. The van der Waals surface area contributed by atoms with Gasteiger partial charge in [-0.05, 0) is 30.0 Å². The summed E-state index contributed by atoms with van der Waals surface area (Å²) in [6, 6.07) is 6.01. The van der Waals surface area contributed by atoms with E-state index in [4.69, 9.17) is 0 Å². The maximum absolute atomic E-state index is 4.46. The van der Waals surface area contributed by atoms with Gasteiger partial charge in [0.05, 0.1) is 17.6 Å². The van der Waals surface area contributed by atoms with E-state index in [1.807, 2.05) is 35.5 Å². The predicted octanol–water partition coefficient (Wildman–Crippen LogP) is 3.21. The van der Waals surface area contributed by atoms with E-state index in [1.165, 1.54) is 0 Å². The lowest BCUT2D eigenvalue weighted by atomic mass is 10.3. The number of imidazole rings is 1. The lowest BCUT2D eigenvalue weighted by molar-refractivity contribution is 0.812. The maximum Gasteiger partial charge on any atom is 0.171 e. The summed E-state index contributed by atoms with van der Waals surface area (Å²) in [5.41, 5.74) is 3.76. The van der Waals surface area contributed by atoms with Gasteiger partial charge in [-0.3, -0.25) is 0 Å². The third-order valence-corrected chi connectivity index (χ3v) is 5.16. The van der Waals surface area contributed by atoms with Gasteiger partial charge in [-0.2, -0.15) is 0 Å². The van der Waals surface area contributed by atoms with Crippen LogP contribution in [0.25, 0.3) is 21.5 Å². The molecule has 4 aromatic rings. The lowest BCUT2D eigenvalue weighted by Crippen LogP contribution is -1.99. The molecular formula is C14H11N5S2. The Morgan fingerprint density at radius 1 is 1.29 bits per heavy atom. The zero-order valence-corrected chi connectivity index (χ0v) is 12.9. The molecule has 4 aromatic heterocycles. The number of pyridine rings is 2. The molecule has 0 atom stereocenters. The van der Waals surface area contributed by atoms with E-state index in [-0.39, 0.29) is 0 Å². The third-order valence-electron chi connectivity index (χ3n) is 3.19. The van der Waals surface area contributed by atoms with E-state index in [0.29, 0.717) is 6.54 Å². The minimum atomic E-state index is 0.711. The van der Waals surface area contributed by atoms with Crippen LogP contribution in [0.2, 0.25) is 0 Å². The molecule has 7 heteroatoms. The fraction of sp³-hybridized carbons (Fsp3) is 0.143. The summed E-state index contributed by atoms with van der Waals surface area (Å²) in [6.45, 7) is 0.711. The highest BCUT2D eigenvalue weighted by Crippen LogP contribution is 2.27. The summed E-state index contributed by atoms with van der Waals surface area (Å²) in [7, 11) is 0. The molecule has 0 amide bonds. The Morgan fingerprint density at radius 2 is 2.24 bits per heavy atom. The van der Waals surface area contributed by atoms with Gasteiger partial charge in [-0.15, -0.1) is 11.3 Å². The Labute approximate surface area is 129 Å². The number of thioether (sulfide) groups is 1. The van der Waals surface area contributed by atoms with E-state index in [2.05, 4.69) is 26.0 Å². The van der Waals surface area contributed by atoms with Crippen molar-refractivity contribution in [2.75, 3.05) is 6.26 Å². The molecule has 0 bridgehead atoms. The number of thiazole rings is 1. The quantitative estimate of drug-likeness (QED) is 0.544. The van der Waals surface area contributed by atoms with Crippen molar-refractivity contribution in [2.45, 2.75) is 10.9 Å². The Morgan fingerprint density at radius 3 is 3.14 bits per heavy atom. The molecule has 104 valence electrons. The molecule has 0 N–H and O–H groups in total. The van der Waals surface area contributed by atoms with Crippen LogP contribution in [0.4, 0.5) is 0 Å². The van der Waals surface area contributed by atoms with Crippen molar-refractivity contribution >= 4 is 44.6 Å². The summed E-state index contributed by atoms with van der Waals surface area (Å²) in [6.07, 6.45) is 7.51. The van der Waals surface area contributed by atoms with Gasteiger partial charge >= 0.3 is 0 Å². The van der Waals surface area contributed by atoms with Crippen molar-refractivity contribution in [2.24, 2.45) is 0 Å². The van der Waals surface area contributed by atoms with Gasteiger partial charge in [0.2, 0.25) is 0 Å². The zero-order valence-electron chi connectivity index (χ0n) is 11.2. The van der Waals surface area contributed by atoms with Gasteiger partial charge in [0.1, 0.15) is 5.52 Å². The molecule has 0 saturated carbocycles. The van der Waals surface area contributed by atoms with Gasteiger partial charge in [0.25, 0.3) is 0 Å². The van der Waals surface area contributed by atoms with E-state index < -0.39 is 0 Å². The van der Waals surface area contributed by atoms with Crippen LogP contribution in [0.15, 0.2) is 41.3 Å². The summed E-state index contributed by atoms with van der Waals surface area (Å²) in [5, 5.41) is 0. The highest BCUT2D eigenvalue weighted by atomic mass is 32.2. The molecule has 0 radical (unpaired) electrons. The van der Waals surface area contributed by atoms with Crippen LogP contribution in [0.3, 0.4) is 0 Å². The van der Waals surface area contributed by atoms with Gasteiger partial charge in [0.15, 0.2) is 15.6 Å². The van der Waals surface area contributed by atoms with Gasteiger partial charge in [-0.25, -0.2) is 19.9 Å². The number of aromatic nitrogens is 5. The largest absolute Gasteiger partial charge is 0.311 e. The van der Waals surface area contributed by atoms with Crippen LogP contribution in [0.5, 0.6) is 0 Å². The van der Waals surface area contributed by atoms with Crippen molar-refractivity contribution < 1.29 is 0 Å². The summed E-state index contributed by atoms with van der Waals surface area (Å²) in [5.74, 6) is 0. The zero-order chi connectivity index (χ0) is 14.2. The van der Waals surface area contributed by atoms with Crippen molar-refractivity contribution in [3.05, 3.63) is 42.5 Å². The highest BCUT2D eigenvalue weighted by molar-refractivity contribution is 8.00. The van der Waals surface area contributed by atoms with Crippen molar-refractivity contribution in [3.63, 3.8) is 0 Å². The first-order valence-corrected chi connectivity index (χ1v) is 8.43. The standard InChI is InChI=1S/C14H11N5S2/c1-20-14-18-12-11(21-14)5-9(6-16-12)7-19-8-17-10-3-2-4-15-13(10)19/h2-6,8H,7H2,1H3. The number of rotatable bonds is 3. The van der Waals surface area contributed by atoms with Crippen molar-refractivity contribution in [1.29, 1.82) is 0 Å². The van der Waals surface area contributed by atoms with Gasteiger partial charge < -0.3 is 4.57 Å². The highest BCUT2D eigenvalue weighted by Gasteiger charge is 2.07. The Kier molecular flexibility index (Phi) is 3.08. The molecule has 21 heavy (non-hydrogen) atoms. The molecular weight excluding hydrogens is 302 g/mol. The smallest absolute Gasteiger partial charge is 0.171 e. The molecule has 0 fully saturated rings. The minimum Gasteiger partial charge on any atom is -0.311 e. The lowest BCUT2D eigenvalue weighted by Gasteiger charge is -2.03. The number of fused-ring (bicyclic) bond motifs is 2. The number of nitrogens with zero attached hydrogens (tertiary/aromatic N) is 5. The maximum atomic E-state index is 4.46. The van der Waals surface area contributed by atoms with E-state index in [0.717, 1.165) is 31.4 Å². The molecule has 4 heterocycles.